The Labute approximate surface area is 122 Å². The first-order valence-corrected chi connectivity index (χ1v) is 6.31. The highest BCUT2D eigenvalue weighted by Crippen LogP contribution is 2.33. The number of hydrogen-bond donors (Lipinski definition) is 0. The van der Waals surface area contributed by atoms with Crippen molar-refractivity contribution < 1.29 is 13.9 Å². The fourth-order valence-corrected chi connectivity index (χ4v) is 2.13. The van der Waals surface area contributed by atoms with E-state index in [4.69, 9.17) is 21.3 Å². The van der Waals surface area contributed by atoms with Gasteiger partial charge in [-0.05, 0) is 18.2 Å². The zero-order chi connectivity index (χ0) is 14.0. The second kappa shape index (κ2) is 5.47. The molecule has 19 heavy (non-hydrogen) atoms. The van der Waals surface area contributed by atoms with E-state index >= 15 is 0 Å². The number of methoxy groups -OCH3 is 1. The van der Waals surface area contributed by atoms with Crippen molar-refractivity contribution in [3.8, 4) is 6.07 Å². The molecule has 1 heterocycles. The largest absolute Gasteiger partial charge is 0.465 e. The van der Waals surface area contributed by atoms with Crippen molar-refractivity contribution >= 4 is 50.5 Å². The number of fused-ring (bicyclic) bond motifs is 1. The lowest BCUT2D eigenvalue weighted by atomic mass is 10.2. The molecule has 0 unspecified atom stereocenters. The van der Waals surface area contributed by atoms with Crippen LogP contribution in [0.4, 0.5) is 0 Å². The van der Waals surface area contributed by atoms with Gasteiger partial charge in [0, 0.05) is 15.9 Å². The number of rotatable bonds is 2. The summed E-state index contributed by atoms with van der Waals surface area (Å²) in [5.41, 5.74) is 0.393. The van der Waals surface area contributed by atoms with E-state index in [-0.39, 0.29) is 11.3 Å². The molecule has 6 heteroatoms. The van der Waals surface area contributed by atoms with Crippen LogP contribution in [0.3, 0.4) is 0 Å². The van der Waals surface area contributed by atoms with E-state index in [0.29, 0.717) is 16.0 Å². The number of furan rings is 1. The first-order valence-electron chi connectivity index (χ1n) is 5.14. The van der Waals surface area contributed by atoms with Gasteiger partial charge in [-0.25, -0.2) is 4.79 Å². The number of benzene rings is 1. The molecule has 96 valence electrons. The van der Waals surface area contributed by atoms with Crippen LogP contribution in [0.5, 0.6) is 0 Å². The molecule has 0 atom stereocenters. The van der Waals surface area contributed by atoms with Crippen molar-refractivity contribution in [2.24, 2.45) is 0 Å². The van der Waals surface area contributed by atoms with Crippen molar-refractivity contribution in [3.05, 3.63) is 39.0 Å². The average Bonchev–Trinajstić information content (AvgIpc) is 2.72. The molecular weight excluding hydrogens is 334 g/mol. The van der Waals surface area contributed by atoms with E-state index in [9.17, 15) is 4.79 Å². The minimum Gasteiger partial charge on any atom is -0.465 e. The predicted molar refractivity (Wildman–Crippen MR) is 74.5 cm³/mol. The molecule has 0 aliphatic carbocycles. The van der Waals surface area contributed by atoms with Crippen molar-refractivity contribution in [3.63, 3.8) is 0 Å². The van der Waals surface area contributed by atoms with Crippen LogP contribution in [0.1, 0.15) is 5.76 Å². The highest BCUT2D eigenvalue weighted by molar-refractivity contribution is 9.10. The summed E-state index contributed by atoms with van der Waals surface area (Å²) in [6.07, 6.45) is 1.27. The molecule has 2 rings (SSSR count). The van der Waals surface area contributed by atoms with E-state index < -0.39 is 5.97 Å². The van der Waals surface area contributed by atoms with Crippen LogP contribution in [0.25, 0.3) is 17.0 Å². The molecule has 0 amide bonds. The Morgan fingerprint density at radius 1 is 1.58 bits per heavy atom. The van der Waals surface area contributed by atoms with Gasteiger partial charge in [-0.15, -0.1) is 0 Å². The van der Waals surface area contributed by atoms with Gasteiger partial charge in [-0.1, -0.05) is 27.5 Å². The van der Waals surface area contributed by atoms with E-state index in [1.54, 1.807) is 24.3 Å². The van der Waals surface area contributed by atoms with Gasteiger partial charge in [0.25, 0.3) is 0 Å². The van der Waals surface area contributed by atoms with Gasteiger partial charge >= 0.3 is 5.97 Å². The number of esters is 1. The quantitative estimate of drug-likeness (QED) is 0.472. The normalized spacial score (nSPS) is 11.4. The van der Waals surface area contributed by atoms with E-state index in [1.807, 2.05) is 0 Å². The average molecular weight is 341 g/mol. The molecule has 0 spiro atoms. The maximum atomic E-state index is 11.3. The Morgan fingerprint density at radius 3 is 2.95 bits per heavy atom. The van der Waals surface area contributed by atoms with Gasteiger partial charge < -0.3 is 9.15 Å². The summed E-state index contributed by atoms with van der Waals surface area (Å²) in [7, 11) is 1.20. The molecule has 1 aromatic carbocycles. The van der Waals surface area contributed by atoms with Crippen LogP contribution in [-0.2, 0) is 9.53 Å². The summed E-state index contributed by atoms with van der Waals surface area (Å²) >= 11 is 9.49. The van der Waals surface area contributed by atoms with Gasteiger partial charge in [0.2, 0.25) is 0 Å². The standard InChI is InChI=1S/C13H7BrClNO3/c1-18-13(17)7(6-16)4-11-12(15)9-5-8(14)2-3-10(9)19-11/h2-5H,1H3/b7-4+. The first-order chi connectivity index (χ1) is 9.06. The second-order valence-electron chi connectivity index (χ2n) is 3.58. The lowest BCUT2D eigenvalue weighted by Crippen LogP contribution is -2.02. The topological polar surface area (TPSA) is 63.2 Å². The van der Waals surface area contributed by atoms with Gasteiger partial charge in [-0.3, -0.25) is 0 Å². The molecule has 0 fully saturated rings. The molecule has 2 aromatic rings. The molecule has 0 aliphatic rings. The molecule has 0 N–H and O–H groups in total. The summed E-state index contributed by atoms with van der Waals surface area (Å²) in [5, 5.41) is 9.93. The Morgan fingerprint density at radius 2 is 2.32 bits per heavy atom. The number of nitrogens with zero attached hydrogens (tertiary/aromatic N) is 1. The Hall–Kier alpha value is -1.77. The smallest absolute Gasteiger partial charge is 0.348 e. The number of ether oxygens (including phenoxy) is 1. The maximum absolute atomic E-state index is 11.3. The monoisotopic (exact) mass is 339 g/mol. The van der Waals surface area contributed by atoms with Crippen molar-refractivity contribution in [1.29, 1.82) is 5.26 Å². The number of carbonyl (C=O) groups excluding carboxylic acids is 1. The summed E-state index contributed by atoms with van der Waals surface area (Å²) < 4.78 is 10.8. The SMILES string of the molecule is COC(=O)/C(C#N)=C/c1oc2ccc(Br)cc2c1Cl. The Bertz CT molecular complexity index is 727. The predicted octanol–water partition coefficient (Wildman–Crippen LogP) is 3.93. The molecular formula is C13H7BrClNO3. The fourth-order valence-electron chi connectivity index (χ4n) is 1.53. The van der Waals surface area contributed by atoms with Gasteiger partial charge in [0.05, 0.1) is 12.1 Å². The Balaban J connectivity index is 2.58. The van der Waals surface area contributed by atoms with Crippen LogP contribution >= 0.6 is 27.5 Å². The number of hydrogen-bond acceptors (Lipinski definition) is 4. The molecule has 0 saturated heterocycles. The molecule has 1 aromatic heterocycles. The van der Waals surface area contributed by atoms with Crippen molar-refractivity contribution in [2.45, 2.75) is 0 Å². The summed E-state index contributed by atoms with van der Waals surface area (Å²) in [4.78, 5) is 11.3. The van der Waals surface area contributed by atoms with Crippen LogP contribution in [0, 0.1) is 11.3 Å². The minimum atomic E-state index is -0.736. The lowest BCUT2D eigenvalue weighted by Gasteiger charge is -1.94. The first kappa shape index (κ1) is 13.7. The van der Waals surface area contributed by atoms with Crippen molar-refractivity contribution in [2.75, 3.05) is 7.11 Å². The highest BCUT2D eigenvalue weighted by atomic mass is 79.9. The molecule has 0 radical (unpaired) electrons. The Kier molecular flexibility index (Phi) is 3.93. The second-order valence-corrected chi connectivity index (χ2v) is 4.88. The van der Waals surface area contributed by atoms with E-state index in [0.717, 1.165) is 4.47 Å². The lowest BCUT2D eigenvalue weighted by molar-refractivity contribution is -0.135. The zero-order valence-corrected chi connectivity index (χ0v) is 12.1. The van der Waals surface area contributed by atoms with E-state index in [1.165, 1.54) is 13.2 Å². The van der Waals surface area contributed by atoms with Gasteiger partial charge in [-0.2, -0.15) is 5.26 Å². The van der Waals surface area contributed by atoms with Gasteiger partial charge in [0.1, 0.15) is 23.0 Å². The number of halogens is 2. The van der Waals surface area contributed by atoms with Crippen LogP contribution in [0.2, 0.25) is 5.02 Å². The van der Waals surface area contributed by atoms with Crippen LogP contribution in [0.15, 0.2) is 32.7 Å². The summed E-state index contributed by atoms with van der Waals surface area (Å²) in [6, 6.07) is 7.09. The zero-order valence-electron chi connectivity index (χ0n) is 9.74. The van der Waals surface area contributed by atoms with Gasteiger partial charge in [0.15, 0.2) is 0 Å². The van der Waals surface area contributed by atoms with E-state index in [2.05, 4.69) is 20.7 Å². The summed E-state index contributed by atoms with van der Waals surface area (Å²) in [6.45, 7) is 0. The fraction of sp³-hybridized carbons (Fsp3) is 0.0769. The summed E-state index contributed by atoms with van der Waals surface area (Å²) in [5.74, 6) is -0.489. The highest BCUT2D eigenvalue weighted by Gasteiger charge is 2.15. The molecule has 0 bridgehead atoms. The van der Waals surface area contributed by atoms with Crippen molar-refractivity contribution in [1.82, 2.24) is 0 Å². The third kappa shape index (κ3) is 2.65. The number of nitriles is 1. The molecule has 4 nitrogen and oxygen atoms in total. The number of carbonyl (C=O) groups is 1. The third-order valence-corrected chi connectivity index (χ3v) is 3.30. The van der Waals surface area contributed by atoms with Crippen LogP contribution in [-0.4, -0.2) is 13.1 Å². The molecule has 0 aliphatic heterocycles. The molecule has 0 saturated carbocycles. The minimum absolute atomic E-state index is 0.178. The van der Waals surface area contributed by atoms with Crippen LogP contribution < -0.4 is 0 Å². The third-order valence-electron chi connectivity index (χ3n) is 2.42. The maximum Gasteiger partial charge on any atom is 0.348 e.